The molecule has 1 aliphatic rings. The summed E-state index contributed by atoms with van der Waals surface area (Å²) in [7, 11) is 0. The molecule has 0 spiro atoms. The van der Waals surface area contributed by atoms with Gasteiger partial charge in [-0.1, -0.05) is 0 Å². The van der Waals surface area contributed by atoms with Crippen LogP contribution < -0.4 is 0 Å². The van der Waals surface area contributed by atoms with Crippen molar-refractivity contribution in [3.8, 4) is 0 Å². The lowest BCUT2D eigenvalue weighted by molar-refractivity contribution is -0.145. The molecule has 0 aromatic rings. The quantitative estimate of drug-likeness (QED) is 0.519. The van der Waals surface area contributed by atoms with Gasteiger partial charge in [0.05, 0.1) is 5.92 Å². The van der Waals surface area contributed by atoms with Crippen LogP contribution in [-0.2, 0) is 16.1 Å². The number of rotatable bonds is 2. The fraction of sp³-hybridized carbons (Fsp3) is 0.750. The monoisotopic (exact) mass is 164 g/mol. The number of nitrogens with zero attached hydrogens (tertiary/aromatic N) is 1. The van der Waals surface area contributed by atoms with Crippen LogP contribution in [0.4, 0.5) is 0 Å². The van der Waals surface area contributed by atoms with Gasteiger partial charge in [-0.15, -0.1) is 0 Å². The molecule has 1 aliphatic heterocycles. The molecule has 0 bridgehead atoms. The van der Waals surface area contributed by atoms with Gasteiger partial charge in [0.25, 0.3) is 0 Å². The standard InChI is InChI=1S/C4H7NO4S/c6-4(7)3-1-5(2-3)10(8)9/h3H,1-2H2,(H,6,7)(H,8,9)/p-1. The summed E-state index contributed by atoms with van der Waals surface area (Å²) < 4.78 is 21.2. The number of carboxylic acid groups (broad SMARTS) is 1. The fourth-order valence-corrected chi connectivity index (χ4v) is 1.32. The van der Waals surface area contributed by atoms with E-state index in [9.17, 15) is 13.6 Å². The van der Waals surface area contributed by atoms with Crippen molar-refractivity contribution in [2.75, 3.05) is 13.1 Å². The van der Waals surface area contributed by atoms with Crippen molar-refractivity contribution < 1.29 is 18.7 Å². The number of carboxylic acids is 1. The highest BCUT2D eigenvalue weighted by molar-refractivity contribution is 7.76. The van der Waals surface area contributed by atoms with Crippen LogP contribution in [0.1, 0.15) is 0 Å². The van der Waals surface area contributed by atoms with E-state index < -0.39 is 23.2 Å². The van der Waals surface area contributed by atoms with Crippen molar-refractivity contribution in [1.29, 1.82) is 0 Å². The minimum Gasteiger partial charge on any atom is -0.760 e. The third-order valence-electron chi connectivity index (χ3n) is 1.41. The van der Waals surface area contributed by atoms with Gasteiger partial charge in [-0.25, -0.2) is 4.31 Å². The Labute approximate surface area is 60.1 Å². The molecule has 1 saturated heterocycles. The van der Waals surface area contributed by atoms with Gasteiger partial charge in [-0.3, -0.25) is 9.00 Å². The molecule has 1 fully saturated rings. The van der Waals surface area contributed by atoms with E-state index in [2.05, 4.69) is 0 Å². The van der Waals surface area contributed by atoms with Crippen LogP contribution in [-0.4, -0.2) is 37.2 Å². The molecule has 1 heterocycles. The average molecular weight is 164 g/mol. The predicted molar refractivity (Wildman–Crippen MR) is 31.6 cm³/mol. The molecule has 58 valence electrons. The molecule has 6 heteroatoms. The summed E-state index contributed by atoms with van der Waals surface area (Å²) in [4.78, 5) is 10.1. The molecule has 1 rings (SSSR count). The summed E-state index contributed by atoms with van der Waals surface area (Å²) >= 11 is -2.24. The molecule has 5 nitrogen and oxygen atoms in total. The van der Waals surface area contributed by atoms with Gasteiger partial charge in [0, 0.05) is 24.4 Å². The minimum atomic E-state index is -2.24. The fourth-order valence-electron chi connectivity index (χ4n) is 0.716. The van der Waals surface area contributed by atoms with E-state index in [0.717, 1.165) is 4.31 Å². The molecule has 1 unspecified atom stereocenters. The summed E-state index contributed by atoms with van der Waals surface area (Å²) in [6, 6.07) is 0. The molecule has 1 N–H and O–H groups in total. The van der Waals surface area contributed by atoms with Crippen molar-refractivity contribution >= 4 is 17.2 Å². The topological polar surface area (TPSA) is 80.7 Å². The Hall–Kier alpha value is -0.460. The molecular weight excluding hydrogens is 158 g/mol. The van der Waals surface area contributed by atoms with E-state index in [1.165, 1.54) is 0 Å². The van der Waals surface area contributed by atoms with Crippen LogP contribution in [0.25, 0.3) is 0 Å². The Morgan fingerprint density at radius 2 is 2.20 bits per heavy atom. The van der Waals surface area contributed by atoms with E-state index >= 15 is 0 Å². The van der Waals surface area contributed by atoms with Crippen LogP contribution in [0.5, 0.6) is 0 Å². The summed E-state index contributed by atoms with van der Waals surface area (Å²) in [6.45, 7) is 0.233. The van der Waals surface area contributed by atoms with Crippen LogP contribution in [0.15, 0.2) is 0 Å². The van der Waals surface area contributed by atoms with Crippen molar-refractivity contribution in [2.45, 2.75) is 0 Å². The third-order valence-corrected chi connectivity index (χ3v) is 2.13. The van der Waals surface area contributed by atoms with Gasteiger partial charge < -0.3 is 9.66 Å². The molecule has 0 saturated carbocycles. The highest BCUT2D eigenvalue weighted by Crippen LogP contribution is 2.15. The van der Waals surface area contributed by atoms with Crippen LogP contribution in [0.3, 0.4) is 0 Å². The summed E-state index contributed by atoms with van der Waals surface area (Å²) in [5.74, 6) is -1.43. The second-order valence-corrected chi connectivity index (χ2v) is 3.05. The van der Waals surface area contributed by atoms with Crippen LogP contribution >= 0.6 is 0 Å². The lowest BCUT2D eigenvalue weighted by atomic mass is 10.0. The first kappa shape index (κ1) is 7.64. The van der Waals surface area contributed by atoms with Crippen molar-refractivity contribution in [3.63, 3.8) is 0 Å². The third kappa shape index (κ3) is 1.34. The molecule has 1 atom stereocenters. The summed E-state index contributed by atoms with van der Waals surface area (Å²) in [5.41, 5.74) is 0. The second-order valence-electron chi connectivity index (χ2n) is 2.10. The van der Waals surface area contributed by atoms with E-state index in [4.69, 9.17) is 5.11 Å². The van der Waals surface area contributed by atoms with Gasteiger partial charge in [-0.05, 0) is 0 Å². The van der Waals surface area contributed by atoms with E-state index in [1.807, 2.05) is 0 Å². The maximum Gasteiger partial charge on any atom is 0.309 e. The summed E-state index contributed by atoms with van der Waals surface area (Å²) in [6.07, 6.45) is 0. The van der Waals surface area contributed by atoms with Crippen LogP contribution in [0.2, 0.25) is 0 Å². The molecular formula is C4H6NO4S-. The number of hydrogen-bond donors (Lipinski definition) is 1. The lowest BCUT2D eigenvalue weighted by Crippen LogP contribution is -2.50. The van der Waals surface area contributed by atoms with E-state index in [1.54, 1.807) is 0 Å². The zero-order valence-corrected chi connectivity index (χ0v) is 5.84. The van der Waals surface area contributed by atoms with E-state index in [0.29, 0.717) is 0 Å². The number of hydrogen-bond acceptors (Lipinski definition) is 3. The van der Waals surface area contributed by atoms with Crippen molar-refractivity contribution in [1.82, 2.24) is 4.31 Å². The zero-order valence-electron chi connectivity index (χ0n) is 5.02. The largest absolute Gasteiger partial charge is 0.760 e. The smallest absolute Gasteiger partial charge is 0.309 e. The molecule has 0 aromatic carbocycles. The highest BCUT2D eigenvalue weighted by atomic mass is 32.2. The summed E-state index contributed by atoms with van der Waals surface area (Å²) in [5, 5.41) is 8.31. The van der Waals surface area contributed by atoms with Gasteiger partial charge in [0.2, 0.25) is 0 Å². The minimum absolute atomic E-state index is 0.117. The first-order valence-corrected chi connectivity index (χ1v) is 3.71. The maximum atomic E-state index is 10.1. The van der Waals surface area contributed by atoms with Crippen LogP contribution in [0, 0.1) is 5.92 Å². The van der Waals surface area contributed by atoms with E-state index in [-0.39, 0.29) is 13.1 Å². The van der Waals surface area contributed by atoms with Crippen molar-refractivity contribution in [2.24, 2.45) is 5.92 Å². The number of aliphatic carboxylic acids is 1. The molecule has 0 aliphatic carbocycles. The molecule has 0 amide bonds. The predicted octanol–water partition coefficient (Wildman–Crippen LogP) is -1.20. The number of carbonyl (C=O) groups is 1. The zero-order chi connectivity index (χ0) is 7.72. The highest BCUT2D eigenvalue weighted by Gasteiger charge is 2.32. The first-order valence-electron chi connectivity index (χ1n) is 2.68. The molecule has 10 heavy (non-hydrogen) atoms. The second kappa shape index (κ2) is 2.65. The molecule has 0 radical (unpaired) electrons. The Morgan fingerprint density at radius 1 is 1.70 bits per heavy atom. The van der Waals surface area contributed by atoms with Gasteiger partial charge >= 0.3 is 5.97 Å². The van der Waals surface area contributed by atoms with Crippen molar-refractivity contribution in [3.05, 3.63) is 0 Å². The first-order chi connectivity index (χ1) is 4.61. The van der Waals surface area contributed by atoms with Gasteiger partial charge in [-0.2, -0.15) is 0 Å². The Balaban J connectivity index is 2.31. The molecule has 0 aromatic heterocycles. The Morgan fingerprint density at radius 3 is 2.50 bits per heavy atom. The lowest BCUT2D eigenvalue weighted by Gasteiger charge is -2.37. The maximum absolute atomic E-state index is 10.1. The SMILES string of the molecule is O=C(O)C1CN(S(=O)[O-])C1. The Bertz CT molecular complexity index is 158. The van der Waals surface area contributed by atoms with Gasteiger partial charge in [0.1, 0.15) is 0 Å². The van der Waals surface area contributed by atoms with Gasteiger partial charge in [0.15, 0.2) is 0 Å². The Kier molecular flexibility index (Phi) is 2.02. The average Bonchev–Trinajstić information content (AvgIpc) is 1.56. The normalized spacial score (nSPS) is 23.7.